The van der Waals surface area contributed by atoms with Gasteiger partial charge in [-0.1, -0.05) is 0 Å². The molecule has 0 aliphatic carbocycles. The molecule has 1 aromatic rings. The van der Waals surface area contributed by atoms with Crippen molar-refractivity contribution in [3.8, 4) is 0 Å². The molecular formula is C11H18ClN3O4S. The highest BCUT2D eigenvalue weighted by Gasteiger charge is 2.27. The minimum atomic E-state index is -3.86. The second-order valence-electron chi connectivity index (χ2n) is 4.68. The second kappa shape index (κ2) is 6.13. The van der Waals surface area contributed by atoms with Crippen LogP contribution in [0.25, 0.3) is 0 Å². The summed E-state index contributed by atoms with van der Waals surface area (Å²) in [6, 6.07) is 1.39. The van der Waals surface area contributed by atoms with Gasteiger partial charge in [0.05, 0.1) is 0 Å². The number of aryl methyl sites for hydroxylation is 1. The molecule has 0 bridgehead atoms. The zero-order chi connectivity index (χ0) is 14.2. The maximum absolute atomic E-state index is 12.2. The molecule has 2 heterocycles. The third kappa shape index (κ3) is 3.51. The van der Waals surface area contributed by atoms with E-state index in [9.17, 15) is 13.2 Å². The Bertz CT molecular complexity index is 599. The number of nitrogens with two attached hydrogens (primary N) is 1. The van der Waals surface area contributed by atoms with Crippen LogP contribution in [-0.2, 0) is 10.0 Å². The first-order chi connectivity index (χ1) is 8.79. The van der Waals surface area contributed by atoms with Crippen LogP contribution in [0.2, 0.25) is 0 Å². The molecule has 1 aromatic heterocycles. The lowest BCUT2D eigenvalue weighted by Gasteiger charge is -2.31. The smallest absolute Gasteiger partial charge is 0.289 e. The summed E-state index contributed by atoms with van der Waals surface area (Å²) in [5.74, 6) is -0.170. The number of furan rings is 1. The molecule has 1 saturated heterocycles. The average molecular weight is 324 g/mol. The predicted molar refractivity (Wildman–Crippen MR) is 75.4 cm³/mol. The van der Waals surface area contributed by atoms with Gasteiger partial charge in [0.2, 0.25) is 10.0 Å². The van der Waals surface area contributed by atoms with Crippen molar-refractivity contribution in [2.24, 2.45) is 5.14 Å². The summed E-state index contributed by atoms with van der Waals surface area (Å²) in [6.07, 6.45) is 0. The molecule has 1 aliphatic rings. The maximum Gasteiger partial charge on any atom is 0.289 e. The quantitative estimate of drug-likeness (QED) is 0.802. The van der Waals surface area contributed by atoms with Crippen LogP contribution in [0.3, 0.4) is 0 Å². The number of sulfonamides is 1. The normalized spacial score (nSPS) is 19.6. The number of halogens is 1. The van der Waals surface area contributed by atoms with Crippen molar-refractivity contribution in [2.75, 3.05) is 19.6 Å². The molecule has 3 N–H and O–H groups in total. The fraction of sp³-hybridized carbons (Fsp3) is 0.545. The first-order valence-electron chi connectivity index (χ1n) is 5.95. The van der Waals surface area contributed by atoms with Crippen LogP contribution < -0.4 is 10.5 Å². The van der Waals surface area contributed by atoms with Gasteiger partial charge in [-0.05, 0) is 13.8 Å². The van der Waals surface area contributed by atoms with Crippen LogP contribution in [-0.4, -0.2) is 44.9 Å². The number of carbonyl (C=O) groups excluding carboxylic acids is 1. The molecule has 1 unspecified atom stereocenters. The van der Waals surface area contributed by atoms with E-state index in [4.69, 9.17) is 9.56 Å². The van der Waals surface area contributed by atoms with Crippen molar-refractivity contribution in [2.45, 2.75) is 24.8 Å². The summed E-state index contributed by atoms with van der Waals surface area (Å²) >= 11 is 0. The van der Waals surface area contributed by atoms with Crippen molar-refractivity contribution in [3.05, 3.63) is 17.6 Å². The minimum Gasteiger partial charge on any atom is -0.455 e. The van der Waals surface area contributed by atoms with Gasteiger partial charge in [0.1, 0.15) is 10.7 Å². The van der Waals surface area contributed by atoms with Crippen LogP contribution >= 0.6 is 12.4 Å². The van der Waals surface area contributed by atoms with E-state index in [0.29, 0.717) is 19.6 Å². The van der Waals surface area contributed by atoms with Crippen LogP contribution in [0, 0.1) is 6.92 Å². The zero-order valence-electron chi connectivity index (χ0n) is 11.3. The fourth-order valence-corrected chi connectivity index (χ4v) is 2.84. The molecule has 1 fully saturated rings. The highest BCUT2D eigenvalue weighted by Crippen LogP contribution is 2.20. The van der Waals surface area contributed by atoms with Crippen molar-refractivity contribution in [3.63, 3.8) is 0 Å². The Kier molecular flexibility index (Phi) is 5.20. The fourth-order valence-electron chi connectivity index (χ4n) is 2.13. The molecule has 9 heteroatoms. The largest absolute Gasteiger partial charge is 0.455 e. The lowest BCUT2D eigenvalue weighted by Crippen LogP contribution is -2.51. The number of rotatable bonds is 2. The summed E-state index contributed by atoms with van der Waals surface area (Å²) < 4.78 is 27.8. The monoisotopic (exact) mass is 323 g/mol. The second-order valence-corrected chi connectivity index (χ2v) is 6.21. The number of amides is 1. The number of hydrogen-bond donors (Lipinski definition) is 2. The van der Waals surface area contributed by atoms with Crippen LogP contribution in [0.5, 0.6) is 0 Å². The van der Waals surface area contributed by atoms with Gasteiger partial charge in [0, 0.05) is 31.7 Å². The van der Waals surface area contributed by atoms with Gasteiger partial charge in [0.15, 0.2) is 5.76 Å². The van der Waals surface area contributed by atoms with Gasteiger partial charge >= 0.3 is 0 Å². The Labute approximate surface area is 123 Å². The molecule has 7 nitrogen and oxygen atoms in total. The molecule has 114 valence electrons. The highest BCUT2D eigenvalue weighted by atomic mass is 35.5. The van der Waals surface area contributed by atoms with E-state index in [-0.39, 0.29) is 40.8 Å². The number of primary sulfonamides is 1. The van der Waals surface area contributed by atoms with Crippen LogP contribution in [0.4, 0.5) is 0 Å². The lowest BCUT2D eigenvalue weighted by atomic mass is 10.2. The average Bonchev–Trinajstić information content (AvgIpc) is 2.70. The van der Waals surface area contributed by atoms with E-state index < -0.39 is 10.0 Å². The molecule has 0 spiro atoms. The molecule has 0 aromatic carbocycles. The van der Waals surface area contributed by atoms with E-state index >= 15 is 0 Å². The van der Waals surface area contributed by atoms with E-state index in [0.717, 1.165) is 0 Å². The molecule has 0 saturated carbocycles. The minimum absolute atomic E-state index is 0. The number of nitrogens with zero attached hydrogens (tertiary/aromatic N) is 1. The molecule has 0 radical (unpaired) electrons. The number of nitrogens with one attached hydrogen (secondary N) is 1. The Balaban J connectivity index is 0.00000200. The molecule has 2 rings (SSSR count). The molecule has 20 heavy (non-hydrogen) atoms. The van der Waals surface area contributed by atoms with Crippen molar-refractivity contribution >= 4 is 28.3 Å². The Morgan fingerprint density at radius 2 is 2.20 bits per heavy atom. The van der Waals surface area contributed by atoms with E-state index in [1.54, 1.807) is 4.90 Å². The molecule has 1 aliphatic heterocycles. The summed E-state index contributed by atoms with van der Waals surface area (Å²) in [4.78, 5) is 13.7. The summed E-state index contributed by atoms with van der Waals surface area (Å²) in [5, 5.41) is 8.27. The van der Waals surface area contributed by atoms with Crippen molar-refractivity contribution < 1.29 is 17.6 Å². The van der Waals surface area contributed by atoms with Crippen molar-refractivity contribution in [1.82, 2.24) is 10.2 Å². The Hall–Kier alpha value is -1.09. The SMILES string of the molecule is Cc1oc(C(=O)N2CCNC(C)C2)cc1S(N)(=O)=O.Cl. The first-order valence-corrected chi connectivity index (χ1v) is 7.49. The third-order valence-corrected chi connectivity index (χ3v) is 4.06. The topological polar surface area (TPSA) is 106 Å². The van der Waals surface area contributed by atoms with Gasteiger partial charge in [-0.15, -0.1) is 12.4 Å². The molecular weight excluding hydrogens is 306 g/mol. The summed E-state index contributed by atoms with van der Waals surface area (Å²) in [5.41, 5.74) is 0. The third-order valence-electron chi connectivity index (χ3n) is 3.05. The Morgan fingerprint density at radius 1 is 1.55 bits per heavy atom. The van der Waals surface area contributed by atoms with Gasteiger partial charge < -0.3 is 14.6 Å². The van der Waals surface area contributed by atoms with Gasteiger partial charge in [0.25, 0.3) is 5.91 Å². The number of hydrogen-bond acceptors (Lipinski definition) is 5. The van der Waals surface area contributed by atoms with Crippen LogP contribution in [0.1, 0.15) is 23.2 Å². The molecule has 1 amide bonds. The number of carbonyl (C=O) groups is 1. The summed E-state index contributed by atoms with van der Waals surface area (Å²) in [6.45, 7) is 5.27. The van der Waals surface area contributed by atoms with E-state index in [1.807, 2.05) is 6.92 Å². The first kappa shape index (κ1) is 17.0. The van der Waals surface area contributed by atoms with Crippen LogP contribution in [0.15, 0.2) is 15.4 Å². The molecule has 1 atom stereocenters. The predicted octanol–water partition coefficient (Wildman–Crippen LogP) is 0.0911. The Morgan fingerprint density at radius 3 is 2.70 bits per heavy atom. The van der Waals surface area contributed by atoms with E-state index in [1.165, 1.54) is 13.0 Å². The maximum atomic E-state index is 12.2. The van der Waals surface area contributed by atoms with Gasteiger partial charge in [-0.2, -0.15) is 0 Å². The summed E-state index contributed by atoms with van der Waals surface area (Å²) in [7, 11) is -3.86. The van der Waals surface area contributed by atoms with Gasteiger partial charge in [-0.3, -0.25) is 4.79 Å². The number of piperazine rings is 1. The van der Waals surface area contributed by atoms with Gasteiger partial charge in [-0.25, -0.2) is 13.6 Å². The lowest BCUT2D eigenvalue weighted by molar-refractivity contribution is 0.0675. The standard InChI is InChI=1S/C11H17N3O4S.ClH/c1-7-6-14(4-3-13-7)11(15)9-5-10(8(2)18-9)19(12,16)17;/h5,7,13H,3-4,6H2,1-2H3,(H2,12,16,17);1H. The van der Waals surface area contributed by atoms with E-state index in [2.05, 4.69) is 5.32 Å². The zero-order valence-corrected chi connectivity index (χ0v) is 12.9. The van der Waals surface area contributed by atoms with Crippen molar-refractivity contribution in [1.29, 1.82) is 0 Å². The highest BCUT2D eigenvalue weighted by molar-refractivity contribution is 7.89.